The van der Waals surface area contributed by atoms with Crippen LogP contribution in [0.25, 0.3) is 0 Å². The Bertz CT molecular complexity index is 382. The second-order valence-corrected chi connectivity index (χ2v) is 4.81. The van der Waals surface area contributed by atoms with E-state index < -0.39 is 0 Å². The van der Waals surface area contributed by atoms with Crippen LogP contribution in [0.15, 0.2) is 18.2 Å². The molecular weight excluding hydrogens is 203 g/mol. The van der Waals surface area contributed by atoms with Crippen molar-refractivity contribution in [3.8, 4) is 5.75 Å². The molecule has 0 saturated carbocycles. The molecule has 0 amide bonds. The summed E-state index contributed by atoms with van der Waals surface area (Å²) in [6, 6.07) is 4.93. The quantitative estimate of drug-likeness (QED) is 0.624. The predicted molar refractivity (Wildman–Crippen MR) is 65.6 cm³/mol. The van der Waals surface area contributed by atoms with E-state index in [0.717, 1.165) is 5.46 Å². The molecule has 1 aromatic carbocycles. The SMILES string of the molecule is CB(OC(C)(C)C)c1ccc(O)c(C=O)c1. The van der Waals surface area contributed by atoms with Crippen molar-refractivity contribution in [3.63, 3.8) is 0 Å². The molecule has 86 valence electrons. The first-order valence-electron chi connectivity index (χ1n) is 5.29. The highest BCUT2D eigenvalue weighted by atomic mass is 16.5. The van der Waals surface area contributed by atoms with Crippen molar-refractivity contribution in [2.45, 2.75) is 33.2 Å². The molecule has 0 heterocycles. The van der Waals surface area contributed by atoms with Gasteiger partial charge in [-0.05, 0) is 32.3 Å². The predicted octanol–water partition coefficient (Wildman–Crippen LogP) is 1.85. The maximum atomic E-state index is 10.7. The number of aldehydes is 1. The van der Waals surface area contributed by atoms with Gasteiger partial charge in [0.25, 0.3) is 0 Å². The number of carbonyl (C=O) groups is 1. The minimum Gasteiger partial charge on any atom is -0.507 e. The number of phenolic OH excluding ortho intramolecular Hbond substituents is 1. The highest BCUT2D eigenvalue weighted by Gasteiger charge is 2.20. The van der Waals surface area contributed by atoms with Gasteiger partial charge in [-0.15, -0.1) is 0 Å². The van der Waals surface area contributed by atoms with E-state index in [9.17, 15) is 9.90 Å². The van der Waals surface area contributed by atoms with Crippen LogP contribution in [0.4, 0.5) is 0 Å². The molecule has 1 rings (SSSR count). The first-order valence-corrected chi connectivity index (χ1v) is 5.29. The number of hydrogen-bond acceptors (Lipinski definition) is 3. The second kappa shape index (κ2) is 4.70. The summed E-state index contributed by atoms with van der Waals surface area (Å²) in [5.74, 6) is 0.00158. The smallest absolute Gasteiger partial charge is 0.324 e. The summed E-state index contributed by atoms with van der Waals surface area (Å²) in [6.07, 6.45) is 0.642. The monoisotopic (exact) mass is 220 g/mol. The fraction of sp³-hybridized carbons (Fsp3) is 0.417. The van der Waals surface area contributed by atoms with E-state index in [0.29, 0.717) is 11.8 Å². The lowest BCUT2D eigenvalue weighted by atomic mass is 9.63. The standard InChI is InChI=1S/C12H17BO3/c1-12(2,3)16-13(4)10-5-6-11(15)9(7-10)8-14/h5-8,15H,1-4H3. The number of benzene rings is 1. The van der Waals surface area contributed by atoms with E-state index in [-0.39, 0.29) is 18.3 Å². The molecule has 16 heavy (non-hydrogen) atoms. The summed E-state index contributed by atoms with van der Waals surface area (Å²) in [4.78, 5) is 10.7. The van der Waals surface area contributed by atoms with Crippen molar-refractivity contribution in [2.24, 2.45) is 0 Å². The highest BCUT2D eigenvalue weighted by molar-refractivity contribution is 6.66. The molecule has 0 aliphatic rings. The zero-order chi connectivity index (χ0) is 12.3. The summed E-state index contributed by atoms with van der Waals surface area (Å²) in [5, 5.41) is 9.38. The minimum atomic E-state index is -0.237. The molecule has 4 heteroatoms. The van der Waals surface area contributed by atoms with Crippen molar-refractivity contribution in [1.82, 2.24) is 0 Å². The third-order valence-electron chi connectivity index (χ3n) is 2.18. The van der Waals surface area contributed by atoms with Crippen molar-refractivity contribution >= 4 is 18.7 Å². The molecule has 0 bridgehead atoms. The van der Waals surface area contributed by atoms with E-state index in [1.807, 2.05) is 27.6 Å². The number of aromatic hydroxyl groups is 1. The number of carbonyl (C=O) groups excluding carboxylic acids is 1. The Morgan fingerprint density at radius 3 is 2.50 bits per heavy atom. The van der Waals surface area contributed by atoms with Crippen molar-refractivity contribution < 1.29 is 14.6 Å². The largest absolute Gasteiger partial charge is 0.507 e. The normalized spacial score (nSPS) is 11.2. The minimum absolute atomic E-state index is 0.00158. The van der Waals surface area contributed by atoms with Gasteiger partial charge in [-0.25, -0.2) is 0 Å². The number of rotatable bonds is 3. The van der Waals surface area contributed by atoms with E-state index in [1.54, 1.807) is 12.1 Å². The molecule has 3 nitrogen and oxygen atoms in total. The molecule has 1 N–H and O–H groups in total. The fourth-order valence-electron chi connectivity index (χ4n) is 1.52. The van der Waals surface area contributed by atoms with Gasteiger partial charge in [-0.2, -0.15) is 0 Å². The van der Waals surface area contributed by atoms with Gasteiger partial charge in [0.1, 0.15) is 5.75 Å². The zero-order valence-corrected chi connectivity index (χ0v) is 10.2. The number of phenols is 1. The lowest BCUT2D eigenvalue weighted by molar-refractivity contribution is 0.112. The van der Waals surface area contributed by atoms with Crippen molar-refractivity contribution in [1.29, 1.82) is 0 Å². The van der Waals surface area contributed by atoms with E-state index >= 15 is 0 Å². The van der Waals surface area contributed by atoms with Crippen LogP contribution in [0.1, 0.15) is 31.1 Å². The molecule has 0 spiro atoms. The molecule has 0 saturated heterocycles. The zero-order valence-electron chi connectivity index (χ0n) is 10.2. The third kappa shape index (κ3) is 3.38. The van der Waals surface area contributed by atoms with Gasteiger partial charge in [-0.3, -0.25) is 4.79 Å². The average molecular weight is 220 g/mol. The topological polar surface area (TPSA) is 46.5 Å². The van der Waals surface area contributed by atoms with Crippen LogP contribution in [0.3, 0.4) is 0 Å². The third-order valence-corrected chi connectivity index (χ3v) is 2.18. The Hall–Kier alpha value is -1.29. The van der Waals surface area contributed by atoms with Crippen LogP contribution in [-0.2, 0) is 4.65 Å². The van der Waals surface area contributed by atoms with Crippen LogP contribution in [-0.4, -0.2) is 23.9 Å². The molecule has 0 fully saturated rings. The molecule has 0 aromatic heterocycles. The fourth-order valence-corrected chi connectivity index (χ4v) is 1.52. The van der Waals surface area contributed by atoms with Gasteiger partial charge in [0, 0.05) is 5.60 Å². The Morgan fingerprint density at radius 1 is 1.38 bits per heavy atom. The molecular formula is C12H17BO3. The van der Waals surface area contributed by atoms with Crippen molar-refractivity contribution in [2.75, 3.05) is 0 Å². The summed E-state index contributed by atoms with van der Waals surface area (Å²) in [5.41, 5.74) is 0.940. The summed E-state index contributed by atoms with van der Waals surface area (Å²) in [7, 11) is 0. The van der Waals surface area contributed by atoms with Gasteiger partial charge >= 0.3 is 6.92 Å². The van der Waals surface area contributed by atoms with Gasteiger partial charge < -0.3 is 9.76 Å². The second-order valence-electron chi connectivity index (χ2n) is 4.81. The van der Waals surface area contributed by atoms with Gasteiger partial charge in [0.15, 0.2) is 6.29 Å². The van der Waals surface area contributed by atoms with E-state index in [1.165, 1.54) is 6.07 Å². The maximum absolute atomic E-state index is 10.7. The number of hydrogen-bond donors (Lipinski definition) is 1. The summed E-state index contributed by atoms with van der Waals surface area (Å²) in [6.45, 7) is 7.74. The first kappa shape index (κ1) is 12.8. The van der Waals surface area contributed by atoms with Gasteiger partial charge in [0.05, 0.1) is 5.56 Å². The lowest BCUT2D eigenvalue weighted by Crippen LogP contribution is -2.37. The van der Waals surface area contributed by atoms with Crippen LogP contribution in [0, 0.1) is 0 Å². The lowest BCUT2D eigenvalue weighted by Gasteiger charge is -2.24. The Balaban J connectivity index is 2.92. The van der Waals surface area contributed by atoms with Gasteiger partial charge in [-0.1, -0.05) is 19.0 Å². The van der Waals surface area contributed by atoms with Crippen LogP contribution in [0.5, 0.6) is 5.75 Å². The van der Waals surface area contributed by atoms with Crippen LogP contribution >= 0.6 is 0 Å². The van der Waals surface area contributed by atoms with Gasteiger partial charge in [0.2, 0.25) is 0 Å². The summed E-state index contributed by atoms with van der Waals surface area (Å²) < 4.78 is 5.77. The van der Waals surface area contributed by atoms with E-state index in [2.05, 4.69) is 0 Å². The maximum Gasteiger partial charge on any atom is 0.324 e. The Morgan fingerprint density at radius 2 is 2.00 bits per heavy atom. The van der Waals surface area contributed by atoms with Crippen LogP contribution < -0.4 is 5.46 Å². The van der Waals surface area contributed by atoms with Crippen LogP contribution in [0.2, 0.25) is 6.82 Å². The van der Waals surface area contributed by atoms with Crippen molar-refractivity contribution in [3.05, 3.63) is 23.8 Å². The Labute approximate surface area is 96.5 Å². The molecule has 0 unspecified atom stereocenters. The summed E-state index contributed by atoms with van der Waals surface area (Å²) >= 11 is 0. The Kier molecular flexibility index (Phi) is 3.76. The first-order chi connectivity index (χ1) is 7.33. The average Bonchev–Trinajstić information content (AvgIpc) is 2.15. The molecule has 0 atom stereocenters. The highest BCUT2D eigenvalue weighted by Crippen LogP contribution is 2.14. The molecule has 0 aliphatic carbocycles. The molecule has 1 aromatic rings. The molecule has 0 aliphatic heterocycles. The van der Waals surface area contributed by atoms with E-state index in [4.69, 9.17) is 4.65 Å². The molecule has 0 radical (unpaired) electrons.